The van der Waals surface area contributed by atoms with E-state index in [0.29, 0.717) is 5.92 Å². The maximum absolute atomic E-state index is 6.39. The lowest BCUT2D eigenvalue weighted by Crippen LogP contribution is -2.39. The fourth-order valence-electron chi connectivity index (χ4n) is 7.86. The van der Waals surface area contributed by atoms with Gasteiger partial charge in [-0.05, 0) is 86.4 Å². The Balaban J connectivity index is 1.47. The second-order valence-electron chi connectivity index (χ2n) is 13.6. The number of aryl methyl sites for hydroxylation is 2. The summed E-state index contributed by atoms with van der Waals surface area (Å²) in [6, 6.07) is 11.8. The molecule has 4 nitrogen and oxygen atoms in total. The largest absolute Gasteiger partial charge is 0.491 e. The van der Waals surface area contributed by atoms with E-state index in [0.717, 1.165) is 51.4 Å². The van der Waals surface area contributed by atoms with Crippen LogP contribution in [0.1, 0.15) is 100 Å². The summed E-state index contributed by atoms with van der Waals surface area (Å²) in [6.07, 6.45) is 13.7. The third-order valence-electron chi connectivity index (χ3n) is 10.3. The van der Waals surface area contributed by atoms with E-state index in [1.807, 2.05) is 6.08 Å². The van der Waals surface area contributed by atoms with Crippen LogP contribution in [0.5, 0.6) is 5.75 Å². The first-order valence-electron chi connectivity index (χ1n) is 17.0. The second-order valence-corrected chi connectivity index (χ2v) is 13.6. The van der Waals surface area contributed by atoms with Gasteiger partial charge in [0.25, 0.3) is 0 Å². The maximum Gasteiger partial charge on any atom is 0.122 e. The molecular weight excluding hydrogens is 528 g/mol. The van der Waals surface area contributed by atoms with Gasteiger partial charge in [0.05, 0.1) is 25.0 Å². The van der Waals surface area contributed by atoms with Crippen LogP contribution < -0.4 is 4.74 Å². The van der Waals surface area contributed by atoms with Crippen LogP contribution in [0.25, 0.3) is 28.2 Å². The Kier molecular flexibility index (Phi) is 8.78. The first-order valence-corrected chi connectivity index (χ1v) is 17.0. The van der Waals surface area contributed by atoms with Gasteiger partial charge in [0.2, 0.25) is 0 Å². The van der Waals surface area contributed by atoms with Crippen LogP contribution in [0, 0.1) is 12.3 Å². The lowest BCUT2D eigenvalue weighted by atomic mass is 9.90. The van der Waals surface area contributed by atoms with E-state index < -0.39 is 0 Å². The first kappa shape index (κ1) is 30.1. The Morgan fingerprint density at radius 2 is 1.81 bits per heavy atom. The molecule has 4 heteroatoms. The minimum Gasteiger partial charge on any atom is -0.491 e. The van der Waals surface area contributed by atoms with E-state index in [2.05, 4.69) is 74.1 Å². The molecule has 43 heavy (non-hydrogen) atoms. The van der Waals surface area contributed by atoms with Gasteiger partial charge in [0, 0.05) is 47.2 Å². The lowest BCUT2D eigenvalue weighted by Gasteiger charge is -2.35. The molecule has 0 bridgehead atoms. The van der Waals surface area contributed by atoms with Gasteiger partial charge in [-0.3, -0.25) is 0 Å². The molecule has 3 aliphatic rings. The number of benzene rings is 2. The smallest absolute Gasteiger partial charge is 0.122 e. The number of hydrogen-bond acceptors (Lipinski definition) is 3. The van der Waals surface area contributed by atoms with Crippen molar-refractivity contribution in [2.75, 3.05) is 26.3 Å². The summed E-state index contributed by atoms with van der Waals surface area (Å²) in [6.45, 7) is 22.1. The molecule has 0 spiro atoms. The highest BCUT2D eigenvalue weighted by Crippen LogP contribution is 2.68. The minimum absolute atomic E-state index is 0.00831. The van der Waals surface area contributed by atoms with Crippen molar-refractivity contribution in [2.45, 2.75) is 104 Å². The predicted molar refractivity (Wildman–Crippen MR) is 181 cm³/mol. The topological polar surface area (TPSA) is 26.6 Å². The van der Waals surface area contributed by atoms with E-state index in [1.165, 1.54) is 95.1 Å². The summed E-state index contributed by atoms with van der Waals surface area (Å²) in [4.78, 5) is 2.51. The number of morpholine rings is 1. The number of rotatable bonds is 13. The maximum atomic E-state index is 6.39. The molecule has 2 atom stereocenters. The monoisotopic (exact) mass is 580 g/mol. The lowest BCUT2D eigenvalue weighted by molar-refractivity contribution is 0.0465. The van der Waals surface area contributed by atoms with Gasteiger partial charge < -0.3 is 18.9 Å². The summed E-state index contributed by atoms with van der Waals surface area (Å²) >= 11 is 0. The number of ether oxygens (including phenoxy) is 2. The average molecular weight is 581 g/mol. The molecule has 230 valence electrons. The molecule has 0 amide bonds. The standard InChI is InChI=1S/C39H52N2O2/c1-7-9-10-11-12-13-14-15-32-31-17-16-30(8-2)23-36(31)41-26-39(29(6)40-18-20-42-21-19-40)25-35(39)33-24-37(43-27(3)4)28(5)22-34(33)38(32)41/h8,16-17,22-24,27,35H,2,6-7,9-15,18-21,25-26H2,1,3-5H3. The number of fused-ring (bicyclic) bond motifs is 7. The van der Waals surface area contributed by atoms with Gasteiger partial charge in [0.15, 0.2) is 0 Å². The summed E-state index contributed by atoms with van der Waals surface area (Å²) in [7, 11) is 0. The molecule has 1 saturated heterocycles. The molecule has 1 aliphatic carbocycles. The van der Waals surface area contributed by atoms with Crippen LogP contribution in [0.3, 0.4) is 0 Å². The molecule has 2 aliphatic heterocycles. The van der Waals surface area contributed by atoms with Crippen molar-refractivity contribution >= 4 is 17.0 Å². The molecular formula is C39H52N2O2. The van der Waals surface area contributed by atoms with Crippen molar-refractivity contribution < 1.29 is 9.47 Å². The van der Waals surface area contributed by atoms with Crippen molar-refractivity contribution in [1.29, 1.82) is 0 Å². The normalized spacial score (nSPS) is 20.9. The molecule has 1 aromatic heterocycles. The van der Waals surface area contributed by atoms with Crippen molar-refractivity contribution in [3.63, 3.8) is 0 Å². The Morgan fingerprint density at radius 3 is 2.53 bits per heavy atom. The van der Waals surface area contributed by atoms with Gasteiger partial charge in [0.1, 0.15) is 5.75 Å². The van der Waals surface area contributed by atoms with E-state index in [9.17, 15) is 0 Å². The number of hydrogen-bond donors (Lipinski definition) is 0. The second kappa shape index (κ2) is 12.6. The molecule has 0 radical (unpaired) electrons. The highest BCUT2D eigenvalue weighted by atomic mass is 16.5. The molecule has 6 rings (SSSR count). The summed E-state index contributed by atoms with van der Waals surface area (Å²) in [5.41, 5.74) is 10.9. The van der Waals surface area contributed by atoms with Gasteiger partial charge in [-0.1, -0.05) is 76.8 Å². The van der Waals surface area contributed by atoms with Crippen LogP contribution in [-0.4, -0.2) is 41.9 Å². The van der Waals surface area contributed by atoms with Crippen LogP contribution in [0.4, 0.5) is 0 Å². The number of aromatic nitrogens is 1. The van der Waals surface area contributed by atoms with E-state index in [1.54, 1.807) is 0 Å². The quantitative estimate of drug-likeness (QED) is 0.188. The molecule has 0 N–H and O–H groups in total. The molecule has 3 aromatic rings. The minimum atomic E-state index is 0.00831. The summed E-state index contributed by atoms with van der Waals surface area (Å²) in [5.74, 6) is 1.47. The van der Waals surface area contributed by atoms with E-state index in [-0.39, 0.29) is 11.5 Å². The third-order valence-corrected chi connectivity index (χ3v) is 10.3. The van der Waals surface area contributed by atoms with E-state index in [4.69, 9.17) is 16.1 Å². The zero-order valence-corrected chi connectivity index (χ0v) is 27.1. The SMILES string of the molecule is C=Cc1ccc2c(CCCCCCCCC)c3n(c2c1)CC1(C(=C)N2CCOCC2)CC1c1cc(OC(C)C)c(C)cc1-3. The van der Waals surface area contributed by atoms with Gasteiger partial charge >= 0.3 is 0 Å². The Hall–Kier alpha value is -2.98. The highest BCUT2D eigenvalue weighted by molar-refractivity contribution is 5.94. The van der Waals surface area contributed by atoms with Crippen molar-refractivity contribution in [3.05, 3.63) is 71.4 Å². The molecule has 1 saturated carbocycles. The van der Waals surface area contributed by atoms with Crippen LogP contribution in [-0.2, 0) is 17.7 Å². The fourth-order valence-corrected chi connectivity index (χ4v) is 7.86. The molecule has 2 unspecified atom stereocenters. The average Bonchev–Trinajstić information content (AvgIpc) is 3.68. The van der Waals surface area contributed by atoms with Crippen molar-refractivity contribution in [3.8, 4) is 17.0 Å². The zero-order chi connectivity index (χ0) is 30.1. The van der Waals surface area contributed by atoms with Crippen molar-refractivity contribution in [1.82, 2.24) is 9.47 Å². The predicted octanol–water partition coefficient (Wildman–Crippen LogP) is 9.67. The highest BCUT2D eigenvalue weighted by Gasteiger charge is 2.60. The van der Waals surface area contributed by atoms with Crippen LogP contribution in [0.2, 0.25) is 0 Å². The molecule has 3 heterocycles. The Labute approximate surface area is 259 Å². The van der Waals surface area contributed by atoms with Gasteiger partial charge in [-0.2, -0.15) is 0 Å². The fraction of sp³-hybridized carbons (Fsp3) is 0.538. The first-order chi connectivity index (χ1) is 20.9. The third kappa shape index (κ3) is 5.68. The Morgan fingerprint density at radius 1 is 1.07 bits per heavy atom. The number of allylic oxidation sites excluding steroid dienone is 1. The Bertz CT molecular complexity index is 1490. The zero-order valence-electron chi connectivity index (χ0n) is 27.1. The van der Waals surface area contributed by atoms with Crippen molar-refractivity contribution in [2.24, 2.45) is 5.41 Å². The van der Waals surface area contributed by atoms with Gasteiger partial charge in [-0.25, -0.2) is 0 Å². The van der Waals surface area contributed by atoms with Gasteiger partial charge in [-0.15, -0.1) is 0 Å². The van der Waals surface area contributed by atoms with Crippen LogP contribution >= 0.6 is 0 Å². The molecule has 2 fully saturated rings. The van der Waals surface area contributed by atoms with E-state index >= 15 is 0 Å². The molecule has 2 aromatic carbocycles. The summed E-state index contributed by atoms with van der Waals surface area (Å²) in [5, 5.41) is 1.41. The van der Waals surface area contributed by atoms with Crippen LogP contribution in [0.15, 0.2) is 49.2 Å². The number of unbranched alkanes of at least 4 members (excludes halogenated alkanes) is 6. The summed E-state index contributed by atoms with van der Waals surface area (Å²) < 4.78 is 14.8. The number of nitrogens with zero attached hydrogens (tertiary/aromatic N) is 2.